The smallest absolute Gasteiger partial charge is 0.132 e. The first-order chi connectivity index (χ1) is 10.8. The molecule has 2 atom stereocenters. The topological polar surface area (TPSA) is 52.5 Å². The molecule has 22 heavy (non-hydrogen) atoms. The minimum absolute atomic E-state index is 0.287. The summed E-state index contributed by atoms with van der Waals surface area (Å²) in [5.41, 5.74) is 1.20. The Morgan fingerprint density at radius 3 is 2.59 bits per heavy atom. The van der Waals surface area contributed by atoms with Crippen LogP contribution in [0.2, 0.25) is 0 Å². The Kier molecular flexibility index (Phi) is 4.01. The third-order valence-electron chi connectivity index (χ3n) is 5.50. The summed E-state index contributed by atoms with van der Waals surface area (Å²) in [5.74, 6) is 2.65. The van der Waals surface area contributed by atoms with Crippen LogP contribution in [0.15, 0.2) is 12.4 Å². The number of aromatic nitrogens is 2. The van der Waals surface area contributed by atoms with Gasteiger partial charge in [0.25, 0.3) is 0 Å². The SMILES string of the molecule is OC[C@@H]1CN(c2cc(C3CC3)ncn2)C[C@@H]1CN1CCCC1. The van der Waals surface area contributed by atoms with Gasteiger partial charge in [-0.3, -0.25) is 0 Å². The normalized spacial score (nSPS) is 29.4. The Morgan fingerprint density at radius 2 is 1.86 bits per heavy atom. The van der Waals surface area contributed by atoms with Crippen molar-refractivity contribution in [2.24, 2.45) is 11.8 Å². The zero-order valence-electron chi connectivity index (χ0n) is 13.2. The highest BCUT2D eigenvalue weighted by atomic mass is 16.3. The lowest BCUT2D eigenvalue weighted by molar-refractivity contribution is 0.176. The monoisotopic (exact) mass is 302 g/mol. The summed E-state index contributed by atoms with van der Waals surface area (Å²) in [6.07, 6.45) is 6.92. The van der Waals surface area contributed by atoms with Gasteiger partial charge in [-0.2, -0.15) is 0 Å². The van der Waals surface area contributed by atoms with Gasteiger partial charge in [0, 0.05) is 49.8 Å². The highest BCUT2D eigenvalue weighted by molar-refractivity contribution is 5.42. The van der Waals surface area contributed by atoms with Crippen LogP contribution >= 0.6 is 0 Å². The second-order valence-electron chi connectivity index (χ2n) is 7.19. The molecule has 1 aromatic heterocycles. The van der Waals surface area contributed by atoms with Crippen molar-refractivity contribution < 1.29 is 5.11 Å². The second kappa shape index (κ2) is 6.13. The molecule has 0 amide bonds. The lowest BCUT2D eigenvalue weighted by Crippen LogP contribution is -2.32. The third-order valence-corrected chi connectivity index (χ3v) is 5.50. The summed E-state index contributed by atoms with van der Waals surface area (Å²) >= 11 is 0. The average Bonchev–Trinajstić information content (AvgIpc) is 3.13. The molecule has 1 aromatic rings. The number of rotatable bonds is 5. The van der Waals surface area contributed by atoms with E-state index in [1.165, 1.54) is 44.5 Å². The van der Waals surface area contributed by atoms with E-state index in [4.69, 9.17) is 0 Å². The van der Waals surface area contributed by atoms with Crippen LogP contribution in [0, 0.1) is 11.8 Å². The molecule has 2 aliphatic heterocycles. The predicted octanol–water partition coefficient (Wildman–Crippen LogP) is 1.49. The molecule has 5 heteroatoms. The van der Waals surface area contributed by atoms with Crippen LogP contribution in [0.4, 0.5) is 5.82 Å². The Balaban J connectivity index is 1.45. The fraction of sp³-hybridized carbons (Fsp3) is 0.765. The fourth-order valence-corrected chi connectivity index (χ4v) is 3.97. The van der Waals surface area contributed by atoms with Gasteiger partial charge in [-0.1, -0.05) is 0 Å². The van der Waals surface area contributed by atoms with Crippen LogP contribution in [-0.4, -0.2) is 59.3 Å². The van der Waals surface area contributed by atoms with Gasteiger partial charge in [-0.25, -0.2) is 9.97 Å². The standard InChI is InChI=1S/C17H26N4O/c22-11-15-10-21(9-14(15)8-20-5-1-2-6-20)17-7-16(13-3-4-13)18-12-19-17/h7,12-15,22H,1-6,8-11H2/t14-,15-/m0/s1. The highest BCUT2D eigenvalue weighted by Gasteiger charge is 2.35. The van der Waals surface area contributed by atoms with E-state index in [9.17, 15) is 5.11 Å². The van der Waals surface area contributed by atoms with E-state index in [2.05, 4.69) is 25.8 Å². The Bertz CT molecular complexity index is 513. The number of aliphatic hydroxyl groups is 1. The maximum Gasteiger partial charge on any atom is 0.132 e. The van der Waals surface area contributed by atoms with Crippen molar-refractivity contribution in [3.05, 3.63) is 18.1 Å². The fourth-order valence-electron chi connectivity index (χ4n) is 3.97. The van der Waals surface area contributed by atoms with E-state index in [1.54, 1.807) is 6.33 Å². The largest absolute Gasteiger partial charge is 0.396 e. The van der Waals surface area contributed by atoms with Gasteiger partial charge >= 0.3 is 0 Å². The predicted molar refractivity (Wildman–Crippen MR) is 86.0 cm³/mol. The molecular weight excluding hydrogens is 276 g/mol. The number of anilines is 1. The Labute approximate surface area is 132 Å². The van der Waals surface area contributed by atoms with Crippen molar-refractivity contribution in [3.8, 4) is 0 Å². The number of hydrogen-bond acceptors (Lipinski definition) is 5. The van der Waals surface area contributed by atoms with Crippen LogP contribution in [0.1, 0.15) is 37.3 Å². The molecule has 1 aliphatic carbocycles. The summed E-state index contributed by atoms with van der Waals surface area (Å²) in [4.78, 5) is 13.8. The van der Waals surface area contributed by atoms with Crippen molar-refractivity contribution in [1.82, 2.24) is 14.9 Å². The summed E-state index contributed by atoms with van der Waals surface area (Å²) < 4.78 is 0. The van der Waals surface area contributed by atoms with Crippen LogP contribution in [0.5, 0.6) is 0 Å². The van der Waals surface area contributed by atoms with Crippen LogP contribution in [0.3, 0.4) is 0 Å². The summed E-state index contributed by atoms with van der Waals surface area (Å²) in [5, 5.41) is 9.75. The minimum Gasteiger partial charge on any atom is -0.396 e. The van der Waals surface area contributed by atoms with Crippen LogP contribution in [0.25, 0.3) is 0 Å². The molecule has 120 valence electrons. The molecule has 1 saturated carbocycles. The molecule has 0 radical (unpaired) electrons. The van der Waals surface area contributed by atoms with Gasteiger partial charge in [0.2, 0.25) is 0 Å². The molecule has 0 unspecified atom stereocenters. The summed E-state index contributed by atoms with van der Waals surface area (Å²) in [6, 6.07) is 2.17. The lowest BCUT2D eigenvalue weighted by atomic mass is 9.96. The first-order valence-corrected chi connectivity index (χ1v) is 8.73. The van der Waals surface area contributed by atoms with Gasteiger partial charge in [0.05, 0.1) is 0 Å². The maximum atomic E-state index is 9.75. The zero-order valence-corrected chi connectivity index (χ0v) is 13.2. The van der Waals surface area contributed by atoms with Gasteiger partial charge in [-0.15, -0.1) is 0 Å². The average molecular weight is 302 g/mol. The number of likely N-dealkylation sites (tertiary alicyclic amines) is 1. The van der Waals surface area contributed by atoms with Gasteiger partial charge < -0.3 is 14.9 Å². The number of aliphatic hydroxyl groups excluding tert-OH is 1. The van der Waals surface area contributed by atoms with E-state index < -0.39 is 0 Å². The van der Waals surface area contributed by atoms with Crippen LogP contribution < -0.4 is 4.90 Å². The lowest BCUT2D eigenvalue weighted by Gasteiger charge is -2.23. The van der Waals surface area contributed by atoms with Gasteiger partial charge in [0.15, 0.2) is 0 Å². The molecular formula is C17H26N4O. The van der Waals surface area contributed by atoms with Crippen LogP contribution in [-0.2, 0) is 0 Å². The molecule has 5 nitrogen and oxygen atoms in total. The molecule has 3 fully saturated rings. The summed E-state index contributed by atoms with van der Waals surface area (Å²) in [6.45, 7) is 5.82. The van der Waals surface area contributed by atoms with Crippen molar-refractivity contribution in [2.75, 3.05) is 44.2 Å². The van der Waals surface area contributed by atoms with E-state index in [0.29, 0.717) is 17.8 Å². The minimum atomic E-state index is 0.287. The zero-order chi connectivity index (χ0) is 14.9. The van der Waals surface area contributed by atoms with Crippen molar-refractivity contribution in [3.63, 3.8) is 0 Å². The third kappa shape index (κ3) is 2.97. The first kappa shape index (κ1) is 14.4. The van der Waals surface area contributed by atoms with E-state index in [-0.39, 0.29) is 6.61 Å². The Morgan fingerprint density at radius 1 is 1.09 bits per heavy atom. The molecule has 0 spiro atoms. The molecule has 0 bridgehead atoms. The van der Waals surface area contributed by atoms with Gasteiger partial charge in [0.1, 0.15) is 12.1 Å². The first-order valence-electron chi connectivity index (χ1n) is 8.73. The molecule has 1 N–H and O–H groups in total. The number of nitrogens with zero attached hydrogens (tertiary/aromatic N) is 4. The van der Waals surface area contributed by atoms with E-state index in [0.717, 1.165) is 25.5 Å². The summed E-state index contributed by atoms with van der Waals surface area (Å²) in [7, 11) is 0. The number of hydrogen-bond donors (Lipinski definition) is 1. The van der Waals surface area contributed by atoms with Crippen molar-refractivity contribution in [2.45, 2.75) is 31.6 Å². The molecule has 3 aliphatic rings. The molecule has 4 rings (SSSR count). The molecule has 0 aromatic carbocycles. The van der Waals surface area contributed by atoms with Crippen molar-refractivity contribution >= 4 is 5.82 Å². The maximum absolute atomic E-state index is 9.75. The second-order valence-corrected chi connectivity index (χ2v) is 7.19. The quantitative estimate of drug-likeness (QED) is 0.893. The van der Waals surface area contributed by atoms with Crippen molar-refractivity contribution in [1.29, 1.82) is 0 Å². The molecule has 2 saturated heterocycles. The molecule has 3 heterocycles. The highest BCUT2D eigenvalue weighted by Crippen LogP contribution is 2.40. The van der Waals surface area contributed by atoms with E-state index in [1.807, 2.05) is 0 Å². The van der Waals surface area contributed by atoms with E-state index >= 15 is 0 Å². The van der Waals surface area contributed by atoms with Gasteiger partial charge in [-0.05, 0) is 44.7 Å². The Hall–Kier alpha value is -1.20.